The lowest BCUT2D eigenvalue weighted by Gasteiger charge is -2.15. The van der Waals surface area contributed by atoms with Crippen molar-refractivity contribution in [2.75, 3.05) is 17.2 Å². The number of carbonyl (C=O) groups is 3. The van der Waals surface area contributed by atoms with Gasteiger partial charge >= 0.3 is 6.03 Å². The minimum atomic E-state index is -0.401. The van der Waals surface area contributed by atoms with Gasteiger partial charge in [-0.1, -0.05) is 39.3 Å². The molecule has 2 N–H and O–H groups in total. The highest BCUT2D eigenvalue weighted by atomic mass is 16.2. The number of aryl methyl sites for hydroxylation is 1. The third kappa shape index (κ3) is 4.83. The van der Waals surface area contributed by atoms with Crippen LogP contribution in [0.15, 0.2) is 42.5 Å². The SMILES string of the molecule is CCCCc1ccc(NC(=O)Nc2ccc3c(c2)C(=O)N(CC(C)C)C3=O)cc1. The number of fused-ring (bicyclic) bond motifs is 1. The Morgan fingerprint density at radius 3 is 2.21 bits per heavy atom. The topological polar surface area (TPSA) is 78.5 Å². The van der Waals surface area contributed by atoms with Gasteiger partial charge in [-0.25, -0.2) is 4.79 Å². The van der Waals surface area contributed by atoms with Gasteiger partial charge in [0.25, 0.3) is 11.8 Å². The molecule has 0 aliphatic carbocycles. The first kappa shape index (κ1) is 20.6. The van der Waals surface area contributed by atoms with E-state index in [2.05, 4.69) is 17.6 Å². The van der Waals surface area contributed by atoms with Gasteiger partial charge in [-0.15, -0.1) is 0 Å². The van der Waals surface area contributed by atoms with Crippen LogP contribution in [0.5, 0.6) is 0 Å². The Labute approximate surface area is 171 Å². The Balaban J connectivity index is 1.64. The molecule has 0 saturated heterocycles. The highest BCUT2D eigenvalue weighted by Gasteiger charge is 2.35. The summed E-state index contributed by atoms with van der Waals surface area (Å²) in [5.41, 5.74) is 3.11. The predicted molar refractivity (Wildman–Crippen MR) is 114 cm³/mol. The van der Waals surface area contributed by atoms with E-state index in [-0.39, 0.29) is 17.7 Å². The van der Waals surface area contributed by atoms with E-state index in [1.165, 1.54) is 10.5 Å². The van der Waals surface area contributed by atoms with E-state index in [9.17, 15) is 14.4 Å². The van der Waals surface area contributed by atoms with E-state index in [1.807, 2.05) is 38.1 Å². The smallest absolute Gasteiger partial charge is 0.308 e. The Bertz CT molecular complexity index is 919. The molecule has 0 atom stereocenters. The highest BCUT2D eigenvalue weighted by molar-refractivity contribution is 6.22. The Kier molecular flexibility index (Phi) is 6.32. The van der Waals surface area contributed by atoms with Crippen LogP contribution in [0, 0.1) is 5.92 Å². The largest absolute Gasteiger partial charge is 0.323 e. The number of carbonyl (C=O) groups excluding carboxylic acids is 3. The number of urea groups is 1. The molecule has 0 saturated carbocycles. The number of rotatable bonds is 7. The van der Waals surface area contributed by atoms with Gasteiger partial charge in [-0.3, -0.25) is 14.5 Å². The highest BCUT2D eigenvalue weighted by Crippen LogP contribution is 2.26. The van der Waals surface area contributed by atoms with Gasteiger partial charge in [0.2, 0.25) is 0 Å². The van der Waals surface area contributed by atoms with Crippen molar-refractivity contribution >= 4 is 29.2 Å². The predicted octanol–water partition coefficient (Wildman–Crippen LogP) is 4.93. The van der Waals surface area contributed by atoms with Crippen LogP contribution in [0.4, 0.5) is 16.2 Å². The quantitative estimate of drug-likeness (QED) is 0.655. The molecule has 3 rings (SSSR count). The van der Waals surface area contributed by atoms with Crippen LogP contribution in [-0.2, 0) is 6.42 Å². The number of unbranched alkanes of at least 4 members (excludes halogenated alkanes) is 1. The summed E-state index contributed by atoms with van der Waals surface area (Å²) in [5, 5.41) is 5.51. The average molecular weight is 393 g/mol. The summed E-state index contributed by atoms with van der Waals surface area (Å²) in [6, 6.07) is 12.1. The standard InChI is InChI=1S/C23H27N3O3/c1-4-5-6-16-7-9-17(10-8-16)24-23(29)25-18-11-12-19-20(13-18)22(28)26(21(19)27)14-15(2)3/h7-13,15H,4-6,14H2,1-3H3,(H2,24,25,29). The first-order valence-electron chi connectivity index (χ1n) is 10.1. The number of benzene rings is 2. The van der Waals surface area contributed by atoms with Gasteiger partial charge in [0, 0.05) is 17.9 Å². The zero-order valence-electron chi connectivity index (χ0n) is 17.1. The van der Waals surface area contributed by atoms with Gasteiger partial charge in [0.15, 0.2) is 0 Å². The number of nitrogens with one attached hydrogen (secondary N) is 2. The number of nitrogens with zero attached hydrogens (tertiary/aromatic N) is 1. The molecule has 0 fully saturated rings. The van der Waals surface area contributed by atoms with Gasteiger partial charge in [-0.2, -0.15) is 0 Å². The molecule has 0 aromatic heterocycles. The fraction of sp³-hybridized carbons (Fsp3) is 0.348. The first-order valence-corrected chi connectivity index (χ1v) is 10.1. The second kappa shape index (κ2) is 8.90. The zero-order chi connectivity index (χ0) is 21.0. The first-order chi connectivity index (χ1) is 13.9. The summed E-state index contributed by atoms with van der Waals surface area (Å²) in [4.78, 5) is 38.5. The van der Waals surface area contributed by atoms with Crippen molar-refractivity contribution in [1.82, 2.24) is 4.90 Å². The third-order valence-corrected chi connectivity index (χ3v) is 4.81. The summed E-state index contributed by atoms with van der Waals surface area (Å²) in [7, 11) is 0. The van der Waals surface area contributed by atoms with Crippen LogP contribution in [0.1, 0.15) is 59.9 Å². The maximum atomic E-state index is 12.6. The van der Waals surface area contributed by atoms with Gasteiger partial charge in [-0.05, 0) is 54.7 Å². The summed E-state index contributed by atoms with van der Waals surface area (Å²) >= 11 is 0. The number of amides is 4. The van der Waals surface area contributed by atoms with E-state index in [1.54, 1.807) is 18.2 Å². The summed E-state index contributed by atoms with van der Waals surface area (Å²) < 4.78 is 0. The number of hydrogen-bond acceptors (Lipinski definition) is 3. The Hall–Kier alpha value is -3.15. The molecule has 2 aromatic rings. The normalized spacial score (nSPS) is 13.0. The van der Waals surface area contributed by atoms with Crippen molar-refractivity contribution in [2.24, 2.45) is 5.92 Å². The van der Waals surface area contributed by atoms with Crippen molar-refractivity contribution in [1.29, 1.82) is 0 Å². The maximum Gasteiger partial charge on any atom is 0.323 e. The molecule has 0 spiro atoms. The molecule has 1 heterocycles. The Morgan fingerprint density at radius 1 is 0.931 bits per heavy atom. The summed E-state index contributed by atoms with van der Waals surface area (Å²) in [6.07, 6.45) is 3.31. The second-order valence-electron chi connectivity index (χ2n) is 7.75. The Morgan fingerprint density at radius 2 is 1.55 bits per heavy atom. The molecule has 0 radical (unpaired) electrons. The van der Waals surface area contributed by atoms with Gasteiger partial charge in [0.1, 0.15) is 0 Å². The van der Waals surface area contributed by atoms with E-state index >= 15 is 0 Å². The van der Waals surface area contributed by atoms with Crippen LogP contribution in [-0.4, -0.2) is 29.3 Å². The molecule has 1 aliphatic heterocycles. The van der Waals surface area contributed by atoms with Crippen LogP contribution >= 0.6 is 0 Å². The average Bonchev–Trinajstić information content (AvgIpc) is 2.91. The van der Waals surface area contributed by atoms with Crippen LogP contribution < -0.4 is 10.6 Å². The van der Waals surface area contributed by atoms with Gasteiger partial charge < -0.3 is 10.6 Å². The molecule has 6 nitrogen and oxygen atoms in total. The fourth-order valence-corrected chi connectivity index (χ4v) is 3.33. The maximum absolute atomic E-state index is 12.6. The van der Waals surface area contributed by atoms with E-state index < -0.39 is 6.03 Å². The lowest BCUT2D eigenvalue weighted by molar-refractivity contribution is 0.0636. The van der Waals surface area contributed by atoms with Crippen molar-refractivity contribution < 1.29 is 14.4 Å². The molecule has 29 heavy (non-hydrogen) atoms. The molecule has 4 amide bonds. The molecular weight excluding hydrogens is 366 g/mol. The lowest BCUT2D eigenvalue weighted by Crippen LogP contribution is -2.33. The van der Waals surface area contributed by atoms with Crippen molar-refractivity contribution in [3.05, 3.63) is 59.2 Å². The van der Waals surface area contributed by atoms with Crippen LogP contribution in [0.25, 0.3) is 0 Å². The van der Waals surface area contributed by atoms with Crippen molar-refractivity contribution in [3.63, 3.8) is 0 Å². The molecule has 0 bridgehead atoms. The van der Waals surface area contributed by atoms with Crippen molar-refractivity contribution in [3.8, 4) is 0 Å². The van der Waals surface area contributed by atoms with E-state index in [0.29, 0.717) is 29.0 Å². The number of imide groups is 1. The molecule has 152 valence electrons. The van der Waals surface area contributed by atoms with Crippen molar-refractivity contribution in [2.45, 2.75) is 40.0 Å². The summed E-state index contributed by atoms with van der Waals surface area (Å²) in [6.45, 7) is 6.45. The zero-order valence-corrected chi connectivity index (χ0v) is 17.1. The minimum absolute atomic E-state index is 0.189. The summed E-state index contributed by atoms with van der Waals surface area (Å²) in [5.74, 6) is -0.405. The molecule has 2 aromatic carbocycles. The molecule has 0 unspecified atom stereocenters. The number of anilines is 2. The second-order valence-corrected chi connectivity index (χ2v) is 7.75. The molecule has 6 heteroatoms. The van der Waals surface area contributed by atoms with Crippen LogP contribution in [0.3, 0.4) is 0 Å². The fourth-order valence-electron chi connectivity index (χ4n) is 3.33. The monoisotopic (exact) mass is 393 g/mol. The number of hydrogen-bond donors (Lipinski definition) is 2. The lowest BCUT2D eigenvalue weighted by atomic mass is 10.1. The minimum Gasteiger partial charge on any atom is -0.308 e. The van der Waals surface area contributed by atoms with E-state index in [0.717, 1.165) is 19.3 Å². The van der Waals surface area contributed by atoms with E-state index in [4.69, 9.17) is 0 Å². The van der Waals surface area contributed by atoms with Crippen LogP contribution in [0.2, 0.25) is 0 Å². The molecular formula is C23H27N3O3. The van der Waals surface area contributed by atoms with Gasteiger partial charge in [0.05, 0.1) is 11.1 Å². The molecule has 1 aliphatic rings. The third-order valence-electron chi connectivity index (χ3n) is 4.81.